The minimum absolute atomic E-state index is 0.0193. The second kappa shape index (κ2) is 7.78. The van der Waals surface area contributed by atoms with Gasteiger partial charge in [-0.05, 0) is 35.4 Å². The molecule has 0 saturated carbocycles. The zero-order chi connectivity index (χ0) is 19.4. The van der Waals surface area contributed by atoms with E-state index in [-0.39, 0.29) is 22.6 Å². The van der Waals surface area contributed by atoms with Gasteiger partial charge in [0.05, 0.1) is 16.8 Å². The van der Waals surface area contributed by atoms with Crippen LogP contribution in [0.15, 0.2) is 66.7 Å². The smallest absolute Gasteiger partial charge is 0.337 e. The number of aromatic carboxylic acids is 1. The molecule has 3 N–H and O–H groups in total. The van der Waals surface area contributed by atoms with Crippen LogP contribution in [0.3, 0.4) is 0 Å². The van der Waals surface area contributed by atoms with Gasteiger partial charge in [-0.15, -0.1) is 0 Å². The van der Waals surface area contributed by atoms with E-state index in [1.165, 1.54) is 12.1 Å². The van der Waals surface area contributed by atoms with Gasteiger partial charge in [0.1, 0.15) is 13.6 Å². The van der Waals surface area contributed by atoms with Crippen LogP contribution in [-0.4, -0.2) is 29.9 Å². The maximum atomic E-state index is 12.7. The molecule has 27 heavy (non-hydrogen) atoms. The van der Waals surface area contributed by atoms with E-state index in [0.717, 1.165) is 16.7 Å². The Morgan fingerprint density at radius 2 is 1.63 bits per heavy atom. The van der Waals surface area contributed by atoms with Gasteiger partial charge in [-0.2, -0.15) is 0 Å². The molecule has 3 aromatic rings. The Bertz CT molecular complexity index is 1000. The van der Waals surface area contributed by atoms with Crippen molar-refractivity contribution in [2.75, 3.05) is 5.32 Å². The van der Waals surface area contributed by atoms with Gasteiger partial charge in [0.2, 0.25) is 0 Å². The van der Waals surface area contributed by atoms with Gasteiger partial charge in [0.25, 0.3) is 5.91 Å². The maximum absolute atomic E-state index is 12.7. The summed E-state index contributed by atoms with van der Waals surface area (Å²) in [6, 6.07) is 19.0. The molecule has 5 nitrogen and oxygen atoms in total. The van der Waals surface area contributed by atoms with E-state index < -0.39 is 11.9 Å². The molecule has 0 aliphatic carbocycles. The number of hydrogen-bond donors (Lipinski definition) is 3. The van der Waals surface area contributed by atoms with Crippen LogP contribution in [0, 0.1) is 0 Å². The fourth-order valence-electron chi connectivity index (χ4n) is 2.82. The van der Waals surface area contributed by atoms with Crippen LogP contribution >= 0.6 is 0 Å². The van der Waals surface area contributed by atoms with Crippen LogP contribution < -0.4 is 5.32 Å². The Morgan fingerprint density at radius 1 is 0.889 bits per heavy atom. The van der Waals surface area contributed by atoms with Crippen LogP contribution in [0.5, 0.6) is 5.75 Å². The number of nitrogens with one attached hydrogen (secondary N) is 1. The number of carbonyl (C=O) groups is 2. The summed E-state index contributed by atoms with van der Waals surface area (Å²) < 4.78 is 0. The lowest BCUT2D eigenvalue weighted by Crippen LogP contribution is -2.15. The van der Waals surface area contributed by atoms with Crippen LogP contribution in [0.2, 0.25) is 0 Å². The zero-order valence-corrected chi connectivity index (χ0v) is 14.8. The Labute approximate surface area is 157 Å². The summed E-state index contributed by atoms with van der Waals surface area (Å²) in [6.45, 7) is 0. The predicted molar refractivity (Wildman–Crippen MR) is 107 cm³/mol. The Balaban J connectivity index is 2.00. The normalized spacial score (nSPS) is 10.4. The third-order valence-electron chi connectivity index (χ3n) is 4.32. The van der Waals surface area contributed by atoms with Crippen molar-refractivity contribution < 1.29 is 19.8 Å². The zero-order valence-electron chi connectivity index (χ0n) is 14.8. The summed E-state index contributed by atoms with van der Waals surface area (Å²) in [6.07, 6.45) is 0.713. The molecule has 3 rings (SSSR count). The van der Waals surface area contributed by atoms with E-state index in [2.05, 4.69) is 5.32 Å². The first-order valence-electron chi connectivity index (χ1n) is 8.55. The topological polar surface area (TPSA) is 86.6 Å². The highest BCUT2D eigenvalue weighted by Gasteiger charge is 2.17. The molecule has 0 aliphatic heterocycles. The first-order chi connectivity index (χ1) is 13.0. The number of carboxylic acids is 1. The number of amides is 1. The van der Waals surface area contributed by atoms with Crippen molar-refractivity contribution in [1.82, 2.24) is 0 Å². The molecule has 0 heterocycles. The van der Waals surface area contributed by atoms with Gasteiger partial charge in [-0.3, -0.25) is 4.79 Å². The van der Waals surface area contributed by atoms with Gasteiger partial charge >= 0.3 is 5.97 Å². The van der Waals surface area contributed by atoms with Gasteiger partial charge in [-0.25, -0.2) is 4.79 Å². The molecule has 0 unspecified atom stereocenters. The molecule has 134 valence electrons. The van der Waals surface area contributed by atoms with Gasteiger partial charge in [0, 0.05) is 0 Å². The third-order valence-corrected chi connectivity index (χ3v) is 4.32. The first kappa shape index (κ1) is 18.3. The van der Waals surface area contributed by atoms with Crippen molar-refractivity contribution in [3.8, 4) is 16.9 Å². The summed E-state index contributed by atoms with van der Waals surface area (Å²) in [7, 11) is 1.94. The minimum atomic E-state index is -1.14. The Kier molecular flexibility index (Phi) is 5.26. The highest BCUT2D eigenvalue weighted by atomic mass is 16.4. The molecule has 0 fully saturated rings. The Morgan fingerprint density at radius 3 is 2.30 bits per heavy atom. The largest absolute Gasteiger partial charge is 0.507 e. The fourth-order valence-corrected chi connectivity index (χ4v) is 2.82. The highest BCUT2D eigenvalue weighted by Crippen LogP contribution is 2.27. The number of phenolic OH excluding ortho intramolecular Hbond substituents is 1. The average molecular weight is 359 g/mol. The molecular formula is C21H18BNO4. The summed E-state index contributed by atoms with van der Waals surface area (Å²) >= 11 is 0. The number of benzene rings is 3. The van der Waals surface area contributed by atoms with Crippen molar-refractivity contribution >= 4 is 25.4 Å². The number of carboxylic acid groups (broad SMARTS) is 1. The van der Waals surface area contributed by atoms with E-state index in [9.17, 15) is 19.8 Å². The second-order valence-corrected chi connectivity index (χ2v) is 6.09. The monoisotopic (exact) mass is 359 g/mol. The molecule has 6 heteroatoms. The van der Waals surface area contributed by atoms with Gasteiger partial charge < -0.3 is 15.5 Å². The van der Waals surface area contributed by atoms with Crippen molar-refractivity contribution in [2.45, 2.75) is 6.32 Å². The molecular weight excluding hydrogens is 341 g/mol. The standard InChI is InChI=1S/C21H18BNO4/c22-12-13-6-9-19(24)17(10-13)20(25)23-18-11-15(7-8-16(18)21(26)27)14-4-2-1-3-5-14/h1-11,24H,12,22H2,(H,23,25)(H,26,27). The number of hydrogen-bond acceptors (Lipinski definition) is 3. The van der Waals surface area contributed by atoms with Crippen LogP contribution in [-0.2, 0) is 6.32 Å². The fraction of sp³-hybridized carbons (Fsp3) is 0.0476. The molecule has 0 saturated heterocycles. The van der Waals surface area contributed by atoms with Crippen LogP contribution in [0.25, 0.3) is 11.1 Å². The highest BCUT2D eigenvalue weighted by molar-refractivity contribution is 6.10. The molecule has 1 amide bonds. The second-order valence-electron chi connectivity index (χ2n) is 6.09. The quantitative estimate of drug-likeness (QED) is 0.611. The number of anilines is 1. The molecule has 0 spiro atoms. The lowest BCUT2D eigenvalue weighted by atomic mass is 9.95. The summed E-state index contributed by atoms with van der Waals surface area (Å²) in [5.41, 5.74) is 2.85. The predicted octanol–water partition coefficient (Wildman–Crippen LogP) is 3.14. The average Bonchev–Trinajstić information content (AvgIpc) is 2.68. The molecule has 0 radical (unpaired) electrons. The minimum Gasteiger partial charge on any atom is -0.507 e. The van der Waals surface area contributed by atoms with Crippen molar-refractivity contribution in [1.29, 1.82) is 0 Å². The third kappa shape index (κ3) is 4.01. The molecule has 3 aromatic carbocycles. The maximum Gasteiger partial charge on any atom is 0.337 e. The number of aromatic hydroxyl groups is 1. The molecule has 0 aromatic heterocycles. The summed E-state index contributed by atoms with van der Waals surface area (Å²) in [5.74, 6) is -1.85. The summed E-state index contributed by atoms with van der Waals surface area (Å²) in [5, 5.41) is 22.1. The van der Waals surface area contributed by atoms with Crippen molar-refractivity contribution in [3.05, 3.63) is 83.4 Å². The van der Waals surface area contributed by atoms with Crippen LogP contribution in [0.4, 0.5) is 5.69 Å². The van der Waals surface area contributed by atoms with E-state index in [1.54, 1.807) is 24.3 Å². The number of phenols is 1. The SMILES string of the molecule is BCc1ccc(O)c(C(=O)Nc2cc(-c3ccccc3)ccc2C(=O)O)c1. The number of rotatable bonds is 5. The van der Waals surface area contributed by atoms with Crippen LogP contribution in [0.1, 0.15) is 26.3 Å². The van der Waals surface area contributed by atoms with E-state index >= 15 is 0 Å². The molecule has 0 atom stereocenters. The van der Waals surface area contributed by atoms with Gasteiger partial charge in [0.15, 0.2) is 0 Å². The Hall–Kier alpha value is -3.54. The van der Waals surface area contributed by atoms with E-state index in [0.29, 0.717) is 6.32 Å². The molecule has 0 aliphatic rings. The van der Waals surface area contributed by atoms with E-state index in [1.807, 2.05) is 38.2 Å². The molecule has 0 bridgehead atoms. The summed E-state index contributed by atoms with van der Waals surface area (Å²) in [4.78, 5) is 24.2. The van der Waals surface area contributed by atoms with E-state index in [4.69, 9.17) is 0 Å². The lowest BCUT2D eigenvalue weighted by Gasteiger charge is -2.12. The lowest BCUT2D eigenvalue weighted by molar-refractivity contribution is 0.0698. The van der Waals surface area contributed by atoms with Gasteiger partial charge in [-0.1, -0.05) is 54.3 Å². The van der Waals surface area contributed by atoms with Crippen molar-refractivity contribution in [2.24, 2.45) is 0 Å². The first-order valence-corrected chi connectivity index (χ1v) is 8.55. The number of carbonyl (C=O) groups excluding carboxylic acids is 1. The van der Waals surface area contributed by atoms with Crippen molar-refractivity contribution in [3.63, 3.8) is 0 Å².